The monoisotopic (exact) mass is 158 g/mol. The molecule has 0 aliphatic heterocycles. The number of aliphatic carboxylic acids is 1. The summed E-state index contributed by atoms with van der Waals surface area (Å²) in [7, 11) is 0. The first-order valence-electron chi connectivity index (χ1n) is 3.03. The minimum atomic E-state index is -1.98. The second-order valence-electron chi connectivity index (χ2n) is 2.19. The predicted octanol–water partition coefficient (Wildman–Crippen LogP) is 1.68. The van der Waals surface area contributed by atoms with Crippen molar-refractivity contribution in [2.45, 2.75) is 13.1 Å². The average Bonchev–Trinajstić information content (AvgIpc) is 2.34. The van der Waals surface area contributed by atoms with Crippen molar-refractivity contribution in [2.75, 3.05) is 0 Å². The van der Waals surface area contributed by atoms with E-state index in [2.05, 4.69) is 0 Å². The summed E-state index contributed by atoms with van der Waals surface area (Å²) in [6.07, 6.45) is -0.874. The van der Waals surface area contributed by atoms with Crippen molar-refractivity contribution in [1.82, 2.24) is 0 Å². The van der Waals surface area contributed by atoms with Crippen molar-refractivity contribution in [2.24, 2.45) is 0 Å². The van der Waals surface area contributed by atoms with Crippen LogP contribution in [-0.4, -0.2) is 11.1 Å². The summed E-state index contributed by atoms with van der Waals surface area (Å²) in [5.74, 6) is -0.991. The van der Waals surface area contributed by atoms with E-state index in [0.717, 1.165) is 6.26 Å². The van der Waals surface area contributed by atoms with Gasteiger partial charge in [-0.25, -0.2) is 9.18 Å². The van der Waals surface area contributed by atoms with E-state index in [4.69, 9.17) is 9.52 Å². The highest BCUT2D eigenvalue weighted by Gasteiger charge is 2.19. The number of hydrogen-bond acceptors (Lipinski definition) is 2. The Bertz CT molecular complexity index is 266. The van der Waals surface area contributed by atoms with Crippen molar-refractivity contribution in [3.05, 3.63) is 23.7 Å². The second kappa shape index (κ2) is 2.74. The fraction of sp³-hybridized carbons (Fsp3) is 0.286. The number of halogens is 1. The fourth-order valence-electron chi connectivity index (χ4n) is 0.739. The van der Waals surface area contributed by atoms with Crippen LogP contribution >= 0.6 is 0 Å². The lowest BCUT2D eigenvalue weighted by atomic mass is 10.2. The molecule has 1 rings (SSSR count). The van der Waals surface area contributed by atoms with Gasteiger partial charge < -0.3 is 9.52 Å². The van der Waals surface area contributed by atoms with E-state index >= 15 is 0 Å². The molecule has 0 saturated carbocycles. The molecule has 0 radical (unpaired) electrons. The molecular weight excluding hydrogens is 151 g/mol. The number of furan rings is 1. The third kappa shape index (κ3) is 1.58. The van der Waals surface area contributed by atoms with Crippen molar-refractivity contribution in [1.29, 1.82) is 0 Å². The van der Waals surface area contributed by atoms with E-state index in [-0.39, 0.29) is 5.56 Å². The summed E-state index contributed by atoms with van der Waals surface area (Å²) in [4.78, 5) is 10.1. The summed E-state index contributed by atoms with van der Waals surface area (Å²) in [5, 5.41) is 8.23. The Morgan fingerprint density at radius 1 is 1.82 bits per heavy atom. The summed E-state index contributed by atoms with van der Waals surface area (Å²) < 4.78 is 17.3. The fourth-order valence-corrected chi connectivity index (χ4v) is 0.739. The van der Waals surface area contributed by atoms with Crippen molar-refractivity contribution >= 4 is 5.97 Å². The largest absolute Gasteiger partial charge is 0.479 e. The van der Waals surface area contributed by atoms with E-state index < -0.39 is 12.1 Å². The summed E-state index contributed by atoms with van der Waals surface area (Å²) in [5.41, 5.74) is 0.0509. The molecule has 0 aromatic carbocycles. The molecule has 1 aromatic heterocycles. The van der Waals surface area contributed by atoms with Crippen LogP contribution in [0.25, 0.3) is 0 Å². The Kier molecular flexibility index (Phi) is 1.94. The average molecular weight is 158 g/mol. The van der Waals surface area contributed by atoms with Crippen molar-refractivity contribution in [3.8, 4) is 0 Å². The number of aryl methyl sites for hydroxylation is 1. The molecule has 0 bridgehead atoms. The molecule has 0 amide bonds. The molecule has 3 nitrogen and oxygen atoms in total. The van der Waals surface area contributed by atoms with Crippen LogP contribution in [-0.2, 0) is 4.79 Å². The van der Waals surface area contributed by atoms with Gasteiger partial charge in [0.05, 0.1) is 6.26 Å². The van der Waals surface area contributed by atoms with Crippen LogP contribution < -0.4 is 0 Å². The van der Waals surface area contributed by atoms with Gasteiger partial charge in [0.1, 0.15) is 5.76 Å². The number of carboxylic acids is 1. The molecule has 60 valence electrons. The Balaban J connectivity index is 2.84. The van der Waals surface area contributed by atoms with E-state index in [0.29, 0.717) is 5.76 Å². The van der Waals surface area contributed by atoms with Crippen LogP contribution in [0.3, 0.4) is 0 Å². The van der Waals surface area contributed by atoms with E-state index in [9.17, 15) is 9.18 Å². The third-order valence-electron chi connectivity index (χ3n) is 1.26. The topological polar surface area (TPSA) is 50.4 Å². The lowest BCUT2D eigenvalue weighted by Gasteiger charge is -1.95. The highest BCUT2D eigenvalue weighted by atomic mass is 19.1. The molecule has 1 unspecified atom stereocenters. The van der Waals surface area contributed by atoms with Crippen LogP contribution in [0.2, 0.25) is 0 Å². The third-order valence-corrected chi connectivity index (χ3v) is 1.26. The Labute approximate surface area is 62.4 Å². The summed E-state index contributed by atoms with van der Waals surface area (Å²) >= 11 is 0. The predicted molar refractivity (Wildman–Crippen MR) is 34.9 cm³/mol. The SMILES string of the molecule is Cc1cc(C(F)C(=O)O)co1. The normalized spacial score (nSPS) is 12.9. The van der Waals surface area contributed by atoms with Crippen LogP contribution in [0.4, 0.5) is 4.39 Å². The Hall–Kier alpha value is -1.32. The van der Waals surface area contributed by atoms with Gasteiger partial charge in [-0.2, -0.15) is 0 Å². The first-order chi connectivity index (χ1) is 5.11. The molecule has 0 fully saturated rings. The molecule has 0 spiro atoms. The molecule has 4 heteroatoms. The summed E-state index contributed by atoms with van der Waals surface area (Å²) in [6, 6.07) is 1.36. The first kappa shape index (κ1) is 7.78. The van der Waals surface area contributed by atoms with Gasteiger partial charge in [-0.1, -0.05) is 0 Å². The van der Waals surface area contributed by atoms with Gasteiger partial charge in [-0.15, -0.1) is 0 Å². The lowest BCUT2D eigenvalue weighted by molar-refractivity contribution is -0.143. The van der Waals surface area contributed by atoms with Gasteiger partial charge in [0, 0.05) is 5.56 Å². The number of carbonyl (C=O) groups is 1. The molecule has 0 aliphatic carbocycles. The minimum absolute atomic E-state index is 0.0509. The van der Waals surface area contributed by atoms with E-state index in [1.807, 2.05) is 0 Å². The number of carboxylic acid groups (broad SMARTS) is 1. The van der Waals surface area contributed by atoms with Crippen LogP contribution in [0.1, 0.15) is 17.5 Å². The molecule has 11 heavy (non-hydrogen) atoms. The second-order valence-corrected chi connectivity index (χ2v) is 2.19. The molecule has 1 heterocycles. The molecular formula is C7H7FO3. The first-order valence-corrected chi connectivity index (χ1v) is 3.03. The quantitative estimate of drug-likeness (QED) is 0.712. The van der Waals surface area contributed by atoms with Crippen molar-refractivity contribution in [3.63, 3.8) is 0 Å². The van der Waals surface area contributed by atoms with Gasteiger partial charge >= 0.3 is 5.97 Å². The van der Waals surface area contributed by atoms with Gasteiger partial charge in [-0.3, -0.25) is 0 Å². The van der Waals surface area contributed by atoms with Gasteiger partial charge in [0.2, 0.25) is 6.17 Å². The Morgan fingerprint density at radius 3 is 2.82 bits per heavy atom. The zero-order chi connectivity index (χ0) is 8.43. The standard InChI is InChI=1S/C7H7FO3/c1-4-2-5(3-11-4)6(8)7(9)10/h2-3,6H,1H3,(H,9,10). The van der Waals surface area contributed by atoms with E-state index in [1.165, 1.54) is 6.07 Å². The van der Waals surface area contributed by atoms with Gasteiger partial charge in [-0.05, 0) is 13.0 Å². The van der Waals surface area contributed by atoms with E-state index in [1.54, 1.807) is 6.92 Å². The molecule has 1 N–H and O–H groups in total. The maximum atomic E-state index is 12.6. The molecule has 1 aromatic rings. The van der Waals surface area contributed by atoms with Crippen LogP contribution in [0, 0.1) is 6.92 Å². The number of rotatable bonds is 2. The van der Waals surface area contributed by atoms with Gasteiger partial charge in [0.15, 0.2) is 0 Å². The number of hydrogen-bond donors (Lipinski definition) is 1. The Morgan fingerprint density at radius 2 is 2.45 bits per heavy atom. The van der Waals surface area contributed by atoms with Crippen LogP contribution in [0.15, 0.2) is 16.7 Å². The highest BCUT2D eigenvalue weighted by Crippen LogP contribution is 2.19. The lowest BCUT2D eigenvalue weighted by Crippen LogP contribution is -2.04. The van der Waals surface area contributed by atoms with Gasteiger partial charge in [0.25, 0.3) is 0 Å². The maximum Gasteiger partial charge on any atom is 0.343 e. The smallest absolute Gasteiger partial charge is 0.343 e. The van der Waals surface area contributed by atoms with Crippen LogP contribution in [0.5, 0.6) is 0 Å². The zero-order valence-electron chi connectivity index (χ0n) is 5.87. The highest BCUT2D eigenvalue weighted by molar-refractivity contribution is 5.73. The molecule has 1 atom stereocenters. The number of alkyl halides is 1. The van der Waals surface area contributed by atoms with Crippen molar-refractivity contribution < 1.29 is 18.7 Å². The zero-order valence-corrected chi connectivity index (χ0v) is 5.87. The minimum Gasteiger partial charge on any atom is -0.479 e. The molecule has 0 aliphatic rings. The molecule has 0 saturated heterocycles. The summed E-state index contributed by atoms with van der Waals surface area (Å²) in [6.45, 7) is 1.62. The maximum absolute atomic E-state index is 12.6.